The van der Waals surface area contributed by atoms with Crippen LogP contribution in [0.3, 0.4) is 0 Å². The van der Waals surface area contributed by atoms with E-state index in [0.29, 0.717) is 22.1 Å². The maximum Gasteiger partial charge on any atom is 0.254 e. The molecule has 26 heavy (non-hydrogen) atoms. The molecular formula is C18H15ClN6O. The predicted octanol–water partition coefficient (Wildman–Crippen LogP) is 3.33. The number of aromatic amines is 1. The lowest BCUT2D eigenvalue weighted by molar-refractivity contribution is 0.855. The van der Waals surface area contributed by atoms with Crippen LogP contribution in [0.2, 0.25) is 5.02 Å². The molecule has 0 fully saturated rings. The first-order valence-corrected chi connectivity index (χ1v) is 8.37. The number of aromatic nitrogens is 5. The Balaban J connectivity index is 1.65. The van der Waals surface area contributed by atoms with Gasteiger partial charge in [0.1, 0.15) is 11.5 Å². The molecule has 1 atom stereocenters. The normalized spacial score (nSPS) is 12.2. The molecule has 4 rings (SSSR count). The molecule has 0 aliphatic rings. The SMILES string of the molecule is CC(Nc1cc(-n2ccnc2)ccn1)c1cc2cc(Cl)cnc2[nH]c1=O. The average Bonchev–Trinajstić information content (AvgIpc) is 3.16. The Morgan fingerprint density at radius 3 is 2.92 bits per heavy atom. The first-order valence-electron chi connectivity index (χ1n) is 7.99. The molecule has 4 heterocycles. The number of nitrogens with zero attached hydrogens (tertiary/aromatic N) is 4. The van der Waals surface area contributed by atoms with E-state index < -0.39 is 0 Å². The minimum Gasteiger partial charge on any atom is -0.363 e. The van der Waals surface area contributed by atoms with Crippen molar-refractivity contribution in [1.82, 2.24) is 24.5 Å². The predicted molar refractivity (Wildman–Crippen MR) is 101 cm³/mol. The van der Waals surface area contributed by atoms with E-state index >= 15 is 0 Å². The first-order chi connectivity index (χ1) is 12.6. The van der Waals surface area contributed by atoms with Gasteiger partial charge in [0.15, 0.2) is 0 Å². The standard InChI is InChI=1S/C18H15ClN6O/c1-11(15-7-12-6-13(19)9-22-17(12)24-18(15)26)23-16-8-14(2-3-21-16)25-5-4-20-10-25/h2-11H,1H3,(H,21,23)(H,22,24,26). The van der Waals surface area contributed by atoms with Crippen molar-refractivity contribution < 1.29 is 0 Å². The van der Waals surface area contributed by atoms with Crippen LogP contribution in [0.4, 0.5) is 5.82 Å². The van der Waals surface area contributed by atoms with Gasteiger partial charge in [0.05, 0.1) is 23.1 Å². The summed E-state index contributed by atoms with van der Waals surface area (Å²) in [5, 5.41) is 4.56. The minimum atomic E-state index is -0.257. The lowest BCUT2D eigenvalue weighted by Gasteiger charge is -2.15. The summed E-state index contributed by atoms with van der Waals surface area (Å²) in [6, 6.07) is 7.09. The molecule has 130 valence electrons. The first kappa shape index (κ1) is 16.3. The summed E-state index contributed by atoms with van der Waals surface area (Å²) in [7, 11) is 0. The molecule has 0 amide bonds. The quantitative estimate of drug-likeness (QED) is 0.578. The smallest absolute Gasteiger partial charge is 0.254 e. The molecule has 4 aromatic rings. The molecule has 0 saturated heterocycles. The number of H-pyrrole nitrogens is 1. The third-order valence-corrected chi connectivity index (χ3v) is 4.27. The second-order valence-corrected chi connectivity index (χ2v) is 6.32. The molecule has 4 aromatic heterocycles. The third kappa shape index (κ3) is 3.16. The van der Waals surface area contributed by atoms with Crippen molar-refractivity contribution in [3.63, 3.8) is 0 Å². The Labute approximate surface area is 153 Å². The van der Waals surface area contributed by atoms with E-state index in [1.165, 1.54) is 6.20 Å². The van der Waals surface area contributed by atoms with Crippen LogP contribution in [-0.4, -0.2) is 24.5 Å². The van der Waals surface area contributed by atoms with E-state index in [9.17, 15) is 4.79 Å². The summed E-state index contributed by atoms with van der Waals surface area (Å²) in [4.78, 5) is 27.7. The fourth-order valence-electron chi connectivity index (χ4n) is 2.77. The molecule has 1 unspecified atom stereocenters. The molecule has 0 aliphatic heterocycles. The number of imidazole rings is 1. The van der Waals surface area contributed by atoms with E-state index in [0.717, 1.165) is 11.1 Å². The number of pyridine rings is 3. The number of halogens is 1. The van der Waals surface area contributed by atoms with Crippen molar-refractivity contribution >= 4 is 28.5 Å². The van der Waals surface area contributed by atoms with Gasteiger partial charge >= 0.3 is 0 Å². The second kappa shape index (κ2) is 6.61. The molecule has 2 N–H and O–H groups in total. The average molecular weight is 367 g/mol. The molecule has 0 bridgehead atoms. The topological polar surface area (TPSA) is 88.5 Å². The Bertz CT molecular complexity index is 1120. The molecular weight excluding hydrogens is 352 g/mol. The van der Waals surface area contributed by atoms with E-state index in [-0.39, 0.29) is 11.6 Å². The zero-order valence-corrected chi connectivity index (χ0v) is 14.6. The summed E-state index contributed by atoms with van der Waals surface area (Å²) >= 11 is 6.00. The van der Waals surface area contributed by atoms with Gasteiger partial charge in [-0.2, -0.15) is 0 Å². The minimum absolute atomic E-state index is 0.196. The van der Waals surface area contributed by atoms with Gasteiger partial charge in [-0.1, -0.05) is 11.6 Å². The van der Waals surface area contributed by atoms with Crippen LogP contribution in [0.1, 0.15) is 18.5 Å². The molecule has 0 aromatic carbocycles. The second-order valence-electron chi connectivity index (χ2n) is 5.88. The van der Waals surface area contributed by atoms with E-state index in [2.05, 4.69) is 25.3 Å². The lowest BCUT2D eigenvalue weighted by atomic mass is 10.1. The lowest BCUT2D eigenvalue weighted by Crippen LogP contribution is -2.20. The van der Waals surface area contributed by atoms with Crippen LogP contribution in [0, 0.1) is 0 Å². The zero-order chi connectivity index (χ0) is 18.1. The largest absolute Gasteiger partial charge is 0.363 e. The van der Waals surface area contributed by atoms with Crippen LogP contribution in [0.5, 0.6) is 0 Å². The summed E-state index contributed by atoms with van der Waals surface area (Å²) in [6.45, 7) is 1.90. The number of nitrogens with one attached hydrogen (secondary N) is 2. The number of rotatable bonds is 4. The van der Waals surface area contributed by atoms with E-state index in [1.54, 1.807) is 30.9 Å². The maximum absolute atomic E-state index is 12.4. The molecule has 8 heteroatoms. The highest BCUT2D eigenvalue weighted by atomic mass is 35.5. The summed E-state index contributed by atoms with van der Waals surface area (Å²) < 4.78 is 1.88. The van der Waals surface area contributed by atoms with Crippen molar-refractivity contribution in [3.8, 4) is 5.69 Å². The van der Waals surface area contributed by atoms with Gasteiger partial charge in [0.2, 0.25) is 0 Å². The Hall–Kier alpha value is -3.19. The third-order valence-electron chi connectivity index (χ3n) is 4.07. The number of hydrogen-bond acceptors (Lipinski definition) is 5. The zero-order valence-electron chi connectivity index (χ0n) is 13.8. The van der Waals surface area contributed by atoms with Gasteiger partial charge in [-0.25, -0.2) is 15.0 Å². The van der Waals surface area contributed by atoms with Crippen molar-refractivity contribution in [2.75, 3.05) is 5.32 Å². The van der Waals surface area contributed by atoms with Gasteiger partial charge < -0.3 is 14.9 Å². The van der Waals surface area contributed by atoms with Crippen molar-refractivity contribution in [2.24, 2.45) is 0 Å². The Morgan fingerprint density at radius 1 is 1.23 bits per heavy atom. The molecule has 0 radical (unpaired) electrons. The maximum atomic E-state index is 12.4. The fourth-order valence-corrected chi connectivity index (χ4v) is 2.94. The Morgan fingerprint density at radius 2 is 2.12 bits per heavy atom. The highest BCUT2D eigenvalue weighted by Crippen LogP contribution is 2.21. The summed E-state index contributed by atoms with van der Waals surface area (Å²) in [6.07, 6.45) is 8.50. The van der Waals surface area contributed by atoms with Gasteiger partial charge in [0.25, 0.3) is 5.56 Å². The van der Waals surface area contributed by atoms with Crippen LogP contribution in [0.15, 0.2) is 60.2 Å². The van der Waals surface area contributed by atoms with Gasteiger partial charge in [-0.05, 0) is 25.1 Å². The molecule has 7 nitrogen and oxygen atoms in total. The van der Waals surface area contributed by atoms with E-state index in [4.69, 9.17) is 11.6 Å². The van der Waals surface area contributed by atoms with Gasteiger partial charge in [-0.15, -0.1) is 0 Å². The van der Waals surface area contributed by atoms with Crippen molar-refractivity contribution in [1.29, 1.82) is 0 Å². The van der Waals surface area contributed by atoms with Crippen molar-refractivity contribution in [2.45, 2.75) is 13.0 Å². The highest BCUT2D eigenvalue weighted by molar-refractivity contribution is 6.31. The molecule has 0 spiro atoms. The van der Waals surface area contributed by atoms with Crippen LogP contribution < -0.4 is 10.9 Å². The highest BCUT2D eigenvalue weighted by Gasteiger charge is 2.13. The van der Waals surface area contributed by atoms with Crippen LogP contribution in [0.25, 0.3) is 16.7 Å². The Kier molecular flexibility index (Phi) is 4.14. The molecule has 0 aliphatic carbocycles. The van der Waals surface area contributed by atoms with E-state index in [1.807, 2.05) is 29.8 Å². The van der Waals surface area contributed by atoms with Crippen LogP contribution in [-0.2, 0) is 0 Å². The number of fused-ring (bicyclic) bond motifs is 1. The van der Waals surface area contributed by atoms with Crippen molar-refractivity contribution in [3.05, 3.63) is 76.3 Å². The number of hydrogen-bond donors (Lipinski definition) is 2. The van der Waals surface area contributed by atoms with Gasteiger partial charge in [-0.3, -0.25) is 4.79 Å². The monoisotopic (exact) mass is 366 g/mol. The van der Waals surface area contributed by atoms with Crippen LogP contribution >= 0.6 is 11.6 Å². The van der Waals surface area contributed by atoms with Gasteiger partial charge in [0, 0.05) is 41.8 Å². The number of anilines is 1. The summed E-state index contributed by atoms with van der Waals surface area (Å²) in [5.74, 6) is 0.660. The molecule has 0 saturated carbocycles. The fraction of sp³-hybridized carbons (Fsp3) is 0.111. The summed E-state index contributed by atoms with van der Waals surface area (Å²) in [5.41, 5.74) is 1.82.